The van der Waals surface area contributed by atoms with Gasteiger partial charge in [0.05, 0.1) is 24.8 Å². The molecule has 0 aliphatic rings. The van der Waals surface area contributed by atoms with Crippen molar-refractivity contribution in [2.75, 3.05) is 6.61 Å². The number of aliphatic hydroxyl groups excluding tert-OH is 1. The third-order valence-corrected chi connectivity index (χ3v) is 3.79. The normalized spacial score (nSPS) is 13.2. The van der Waals surface area contributed by atoms with Crippen molar-refractivity contribution in [2.24, 2.45) is 0 Å². The summed E-state index contributed by atoms with van der Waals surface area (Å²) in [5, 5.41) is 15.2. The standard InChI is InChI=1S/C20H26N2O3/c1-14(2)25-18-11-9-16(10-12-18)15(3)21-20(24)22-19(13-23)17-7-5-4-6-8-17/h4-12,14-15,19,23H,13H2,1-3H3,(H2,21,22,24). The molecular weight excluding hydrogens is 316 g/mol. The molecule has 2 unspecified atom stereocenters. The summed E-state index contributed by atoms with van der Waals surface area (Å²) in [6.07, 6.45) is 0.126. The lowest BCUT2D eigenvalue weighted by atomic mass is 10.1. The average molecular weight is 342 g/mol. The Balaban J connectivity index is 1.93. The van der Waals surface area contributed by atoms with E-state index in [9.17, 15) is 9.90 Å². The minimum atomic E-state index is -0.435. The number of carbonyl (C=O) groups excluding carboxylic acids is 1. The summed E-state index contributed by atoms with van der Waals surface area (Å²) in [6, 6.07) is 16.1. The van der Waals surface area contributed by atoms with Gasteiger partial charge in [0, 0.05) is 0 Å². The van der Waals surface area contributed by atoms with Crippen LogP contribution >= 0.6 is 0 Å². The molecule has 2 rings (SSSR count). The molecule has 2 aromatic rings. The predicted molar refractivity (Wildman–Crippen MR) is 98.6 cm³/mol. The van der Waals surface area contributed by atoms with Crippen LogP contribution in [0.15, 0.2) is 54.6 Å². The number of amides is 2. The van der Waals surface area contributed by atoms with Gasteiger partial charge >= 0.3 is 6.03 Å². The minimum Gasteiger partial charge on any atom is -0.491 e. The highest BCUT2D eigenvalue weighted by molar-refractivity contribution is 5.75. The van der Waals surface area contributed by atoms with E-state index < -0.39 is 6.04 Å². The number of benzene rings is 2. The summed E-state index contributed by atoms with van der Waals surface area (Å²) in [6.45, 7) is 5.71. The SMILES string of the molecule is CC(C)Oc1ccc(C(C)NC(=O)NC(CO)c2ccccc2)cc1. The zero-order chi connectivity index (χ0) is 18.2. The van der Waals surface area contributed by atoms with Crippen LogP contribution in [-0.4, -0.2) is 23.8 Å². The summed E-state index contributed by atoms with van der Waals surface area (Å²) in [5.41, 5.74) is 1.84. The molecule has 0 saturated carbocycles. The first kappa shape index (κ1) is 18.8. The second-order valence-corrected chi connectivity index (χ2v) is 6.22. The zero-order valence-electron chi connectivity index (χ0n) is 14.9. The topological polar surface area (TPSA) is 70.6 Å². The number of carbonyl (C=O) groups is 1. The van der Waals surface area contributed by atoms with E-state index in [1.165, 1.54) is 0 Å². The van der Waals surface area contributed by atoms with Gasteiger partial charge in [-0.1, -0.05) is 42.5 Å². The largest absolute Gasteiger partial charge is 0.491 e. The Morgan fingerprint density at radius 2 is 1.60 bits per heavy atom. The van der Waals surface area contributed by atoms with E-state index in [0.717, 1.165) is 16.9 Å². The summed E-state index contributed by atoms with van der Waals surface area (Å²) in [7, 11) is 0. The van der Waals surface area contributed by atoms with Crippen LogP contribution in [0.1, 0.15) is 44.0 Å². The number of aliphatic hydroxyl groups is 1. The first-order valence-corrected chi connectivity index (χ1v) is 8.49. The Morgan fingerprint density at radius 3 is 2.16 bits per heavy atom. The Kier molecular flexibility index (Phi) is 6.83. The fraction of sp³-hybridized carbons (Fsp3) is 0.350. The van der Waals surface area contributed by atoms with Gasteiger partial charge in [0.25, 0.3) is 0 Å². The van der Waals surface area contributed by atoms with E-state index in [4.69, 9.17) is 4.74 Å². The minimum absolute atomic E-state index is 0.126. The molecular formula is C20H26N2O3. The van der Waals surface area contributed by atoms with E-state index in [1.54, 1.807) is 0 Å². The summed E-state index contributed by atoms with van der Waals surface area (Å²) < 4.78 is 5.62. The van der Waals surface area contributed by atoms with E-state index in [1.807, 2.05) is 75.4 Å². The lowest BCUT2D eigenvalue weighted by molar-refractivity contribution is 0.214. The molecule has 2 amide bonds. The lowest BCUT2D eigenvalue weighted by Gasteiger charge is -2.20. The van der Waals surface area contributed by atoms with Crippen molar-refractivity contribution in [1.29, 1.82) is 0 Å². The molecule has 0 radical (unpaired) electrons. The van der Waals surface area contributed by atoms with E-state index in [2.05, 4.69) is 10.6 Å². The van der Waals surface area contributed by atoms with Crippen LogP contribution in [-0.2, 0) is 0 Å². The van der Waals surface area contributed by atoms with Crippen LogP contribution < -0.4 is 15.4 Å². The van der Waals surface area contributed by atoms with Crippen molar-refractivity contribution in [3.05, 3.63) is 65.7 Å². The van der Waals surface area contributed by atoms with Crippen LogP contribution in [0.25, 0.3) is 0 Å². The number of hydrogen-bond donors (Lipinski definition) is 3. The van der Waals surface area contributed by atoms with Crippen molar-refractivity contribution < 1.29 is 14.6 Å². The molecule has 0 saturated heterocycles. The van der Waals surface area contributed by atoms with Crippen molar-refractivity contribution >= 4 is 6.03 Å². The van der Waals surface area contributed by atoms with Crippen LogP contribution in [0.2, 0.25) is 0 Å². The molecule has 0 heterocycles. The lowest BCUT2D eigenvalue weighted by Crippen LogP contribution is -2.40. The molecule has 3 N–H and O–H groups in total. The second-order valence-electron chi connectivity index (χ2n) is 6.22. The van der Waals surface area contributed by atoms with Gasteiger partial charge in [-0.05, 0) is 44.0 Å². The van der Waals surface area contributed by atoms with Gasteiger partial charge in [0.15, 0.2) is 0 Å². The fourth-order valence-corrected chi connectivity index (χ4v) is 2.51. The summed E-state index contributed by atoms with van der Waals surface area (Å²) in [4.78, 5) is 12.2. The Hall–Kier alpha value is -2.53. The summed E-state index contributed by atoms with van der Waals surface area (Å²) in [5.74, 6) is 0.805. The Morgan fingerprint density at radius 1 is 0.960 bits per heavy atom. The molecule has 0 aliphatic heterocycles. The molecule has 5 nitrogen and oxygen atoms in total. The van der Waals surface area contributed by atoms with Gasteiger partial charge in [-0.3, -0.25) is 0 Å². The maximum absolute atomic E-state index is 12.2. The van der Waals surface area contributed by atoms with Crippen molar-refractivity contribution in [3.63, 3.8) is 0 Å². The molecule has 0 aromatic heterocycles. The molecule has 2 aromatic carbocycles. The maximum Gasteiger partial charge on any atom is 0.315 e. The molecule has 0 spiro atoms. The van der Waals surface area contributed by atoms with Crippen LogP contribution in [0, 0.1) is 0 Å². The van der Waals surface area contributed by atoms with Crippen LogP contribution in [0.5, 0.6) is 5.75 Å². The third-order valence-electron chi connectivity index (χ3n) is 3.79. The van der Waals surface area contributed by atoms with E-state index in [-0.39, 0.29) is 24.8 Å². The Labute approximate surface area is 149 Å². The first-order chi connectivity index (χ1) is 12.0. The number of ether oxygens (including phenoxy) is 1. The number of urea groups is 1. The highest BCUT2D eigenvalue weighted by Gasteiger charge is 2.15. The molecule has 0 aliphatic carbocycles. The van der Waals surface area contributed by atoms with Gasteiger partial charge in [0.1, 0.15) is 5.75 Å². The molecule has 2 atom stereocenters. The Bertz CT molecular complexity index is 656. The molecule has 5 heteroatoms. The van der Waals surface area contributed by atoms with Crippen molar-refractivity contribution in [2.45, 2.75) is 39.0 Å². The zero-order valence-corrected chi connectivity index (χ0v) is 14.9. The van der Waals surface area contributed by atoms with Gasteiger partial charge < -0.3 is 20.5 Å². The quantitative estimate of drug-likeness (QED) is 0.720. The van der Waals surface area contributed by atoms with Gasteiger partial charge in [-0.15, -0.1) is 0 Å². The highest BCUT2D eigenvalue weighted by Crippen LogP contribution is 2.19. The molecule has 0 bridgehead atoms. The van der Waals surface area contributed by atoms with Gasteiger partial charge in [-0.2, -0.15) is 0 Å². The average Bonchev–Trinajstić information content (AvgIpc) is 2.60. The van der Waals surface area contributed by atoms with Crippen LogP contribution in [0.3, 0.4) is 0 Å². The molecule has 25 heavy (non-hydrogen) atoms. The molecule has 0 fully saturated rings. The fourth-order valence-electron chi connectivity index (χ4n) is 2.51. The van der Waals surface area contributed by atoms with E-state index >= 15 is 0 Å². The first-order valence-electron chi connectivity index (χ1n) is 8.49. The predicted octanol–water partition coefficient (Wildman–Crippen LogP) is 3.57. The number of rotatable bonds is 7. The van der Waals surface area contributed by atoms with Crippen molar-refractivity contribution in [1.82, 2.24) is 10.6 Å². The maximum atomic E-state index is 12.2. The number of hydrogen-bond acceptors (Lipinski definition) is 3. The number of nitrogens with one attached hydrogen (secondary N) is 2. The highest BCUT2D eigenvalue weighted by atomic mass is 16.5. The van der Waals surface area contributed by atoms with Crippen LogP contribution in [0.4, 0.5) is 4.79 Å². The second kappa shape index (κ2) is 9.08. The smallest absolute Gasteiger partial charge is 0.315 e. The third kappa shape index (κ3) is 5.80. The van der Waals surface area contributed by atoms with E-state index in [0.29, 0.717) is 0 Å². The molecule has 134 valence electrons. The monoisotopic (exact) mass is 342 g/mol. The van der Waals surface area contributed by atoms with Gasteiger partial charge in [-0.25, -0.2) is 4.79 Å². The van der Waals surface area contributed by atoms with Crippen molar-refractivity contribution in [3.8, 4) is 5.75 Å². The summed E-state index contributed by atoms with van der Waals surface area (Å²) >= 11 is 0. The van der Waals surface area contributed by atoms with Gasteiger partial charge in [0.2, 0.25) is 0 Å².